The quantitative estimate of drug-likeness (QED) is 0.618. The Hall–Kier alpha value is -3.10. The summed E-state index contributed by atoms with van der Waals surface area (Å²) < 4.78 is 10.8. The van der Waals surface area contributed by atoms with E-state index in [2.05, 4.69) is 18.2 Å². The number of fused-ring (bicyclic) bond motifs is 3. The van der Waals surface area contributed by atoms with Crippen molar-refractivity contribution in [3.05, 3.63) is 75.7 Å². The Morgan fingerprint density at radius 3 is 2.81 bits per heavy atom. The minimum atomic E-state index is -0.327. The Bertz CT molecular complexity index is 1060. The summed E-state index contributed by atoms with van der Waals surface area (Å²) in [5.41, 5.74) is 4.97. The summed E-state index contributed by atoms with van der Waals surface area (Å²) in [5.74, 6) is 0.528. The highest BCUT2D eigenvalue weighted by molar-refractivity contribution is 7.17. The highest BCUT2D eigenvalue weighted by Crippen LogP contribution is 2.41. The molecule has 0 amide bonds. The van der Waals surface area contributed by atoms with Crippen molar-refractivity contribution < 1.29 is 14.3 Å². The van der Waals surface area contributed by atoms with E-state index in [0.717, 1.165) is 29.0 Å². The molecule has 0 fully saturated rings. The van der Waals surface area contributed by atoms with Crippen molar-refractivity contribution in [2.45, 2.75) is 19.4 Å². The van der Waals surface area contributed by atoms with Gasteiger partial charge in [-0.05, 0) is 71.5 Å². The van der Waals surface area contributed by atoms with Gasteiger partial charge >= 0.3 is 5.97 Å². The van der Waals surface area contributed by atoms with Gasteiger partial charge < -0.3 is 9.47 Å². The van der Waals surface area contributed by atoms with E-state index >= 15 is 0 Å². The first-order chi connectivity index (χ1) is 13.2. The fraction of sp³-hybridized carbons (Fsp3) is 0.182. The summed E-state index contributed by atoms with van der Waals surface area (Å²) in [6, 6.07) is 17.2. The third-order valence-corrected chi connectivity index (χ3v) is 5.85. The van der Waals surface area contributed by atoms with Crippen LogP contribution in [-0.2, 0) is 24.2 Å². The Kier molecular flexibility index (Phi) is 4.66. The van der Waals surface area contributed by atoms with Gasteiger partial charge in [0.2, 0.25) is 0 Å². The van der Waals surface area contributed by atoms with Gasteiger partial charge in [-0.3, -0.25) is 0 Å². The number of esters is 1. The van der Waals surface area contributed by atoms with Crippen LogP contribution in [0.4, 0.5) is 0 Å². The minimum absolute atomic E-state index is 0.157. The molecule has 0 aliphatic heterocycles. The molecule has 134 valence electrons. The summed E-state index contributed by atoms with van der Waals surface area (Å²) in [7, 11) is 1.67. The predicted molar refractivity (Wildman–Crippen MR) is 104 cm³/mol. The number of benzene rings is 2. The van der Waals surface area contributed by atoms with Crippen LogP contribution in [0, 0.1) is 11.3 Å². The number of carbonyl (C=O) groups excluding carboxylic acids is 1. The maximum Gasteiger partial charge on any atom is 0.348 e. The molecule has 0 saturated carbocycles. The molecule has 1 heterocycles. The topological polar surface area (TPSA) is 59.3 Å². The number of thiophene rings is 1. The maximum absolute atomic E-state index is 12.5. The Balaban J connectivity index is 1.53. The summed E-state index contributed by atoms with van der Waals surface area (Å²) in [6.07, 6.45) is 1.84. The van der Waals surface area contributed by atoms with Crippen LogP contribution in [0.2, 0.25) is 0 Å². The summed E-state index contributed by atoms with van der Waals surface area (Å²) in [5, 5.41) is 8.96. The molecule has 1 aromatic heterocycles. The second kappa shape index (κ2) is 7.26. The molecular formula is C22H17NO3S. The van der Waals surface area contributed by atoms with E-state index in [1.165, 1.54) is 28.0 Å². The van der Waals surface area contributed by atoms with Crippen molar-refractivity contribution in [2.24, 2.45) is 0 Å². The normalized spacial score (nSPS) is 11.9. The van der Waals surface area contributed by atoms with Gasteiger partial charge in [0.25, 0.3) is 0 Å². The highest BCUT2D eigenvalue weighted by atomic mass is 32.1. The molecule has 4 rings (SSSR count). The van der Waals surface area contributed by atoms with E-state index in [1.807, 2.05) is 18.2 Å². The lowest BCUT2D eigenvalue weighted by molar-refractivity contribution is 0.0478. The first-order valence-electron chi connectivity index (χ1n) is 8.64. The monoisotopic (exact) mass is 375 g/mol. The lowest BCUT2D eigenvalue weighted by Crippen LogP contribution is -2.03. The Morgan fingerprint density at radius 2 is 2.00 bits per heavy atom. The van der Waals surface area contributed by atoms with E-state index in [9.17, 15) is 4.79 Å². The predicted octanol–water partition coefficient (Wildman–Crippen LogP) is 4.75. The zero-order valence-electron chi connectivity index (χ0n) is 14.8. The first-order valence-corrected chi connectivity index (χ1v) is 9.46. The maximum atomic E-state index is 12.5. The molecule has 3 aromatic rings. The van der Waals surface area contributed by atoms with E-state index in [0.29, 0.717) is 10.4 Å². The number of methoxy groups -OCH3 is 1. The van der Waals surface area contributed by atoms with Crippen molar-refractivity contribution >= 4 is 17.3 Å². The smallest absolute Gasteiger partial charge is 0.348 e. The summed E-state index contributed by atoms with van der Waals surface area (Å²) in [4.78, 5) is 14.3. The Morgan fingerprint density at radius 1 is 1.15 bits per heavy atom. The fourth-order valence-corrected chi connectivity index (χ4v) is 4.45. The lowest BCUT2D eigenvalue weighted by atomic mass is 9.91. The fourth-order valence-electron chi connectivity index (χ4n) is 3.29. The third-order valence-electron chi connectivity index (χ3n) is 4.66. The number of hydrogen-bond donors (Lipinski definition) is 0. The molecule has 2 aromatic carbocycles. The van der Waals surface area contributed by atoms with E-state index in [4.69, 9.17) is 14.7 Å². The number of nitrogens with zero attached hydrogens (tertiary/aromatic N) is 1. The molecule has 0 saturated heterocycles. The van der Waals surface area contributed by atoms with Gasteiger partial charge in [0.1, 0.15) is 17.2 Å². The van der Waals surface area contributed by atoms with Crippen LogP contribution in [0.15, 0.2) is 48.5 Å². The van der Waals surface area contributed by atoms with Gasteiger partial charge in [-0.1, -0.05) is 12.1 Å². The van der Waals surface area contributed by atoms with Crippen LogP contribution in [-0.4, -0.2) is 13.1 Å². The standard InChI is InChI=1S/C22H17NO3S/c1-25-18-7-8-19-16(10-18)5-6-17-11-20(27-21(17)19)22(24)26-13-15-4-2-3-14(9-15)12-23/h2-4,7-11H,5-6,13H2,1H3. The second-order valence-electron chi connectivity index (χ2n) is 6.38. The zero-order valence-corrected chi connectivity index (χ0v) is 15.6. The molecule has 5 heteroatoms. The van der Waals surface area contributed by atoms with E-state index in [1.54, 1.807) is 25.3 Å². The lowest BCUT2D eigenvalue weighted by Gasteiger charge is -2.16. The number of ether oxygens (including phenoxy) is 2. The SMILES string of the molecule is COc1ccc2c(c1)CCc1cc(C(=O)OCc3cccc(C#N)c3)sc1-2. The molecule has 1 aliphatic rings. The average Bonchev–Trinajstić information content (AvgIpc) is 3.16. The van der Waals surface area contributed by atoms with Crippen LogP contribution < -0.4 is 4.74 Å². The molecule has 0 spiro atoms. The largest absolute Gasteiger partial charge is 0.497 e. The van der Waals surface area contributed by atoms with Crippen LogP contribution in [0.5, 0.6) is 5.75 Å². The van der Waals surface area contributed by atoms with E-state index in [-0.39, 0.29) is 12.6 Å². The summed E-state index contributed by atoms with van der Waals surface area (Å²) >= 11 is 1.47. The van der Waals surface area contributed by atoms with Crippen molar-refractivity contribution in [1.82, 2.24) is 0 Å². The molecule has 4 nitrogen and oxygen atoms in total. The van der Waals surface area contributed by atoms with E-state index < -0.39 is 0 Å². The zero-order chi connectivity index (χ0) is 18.8. The molecule has 27 heavy (non-hydrogen) atoms. The number of aryl methyl sites for hydroxylation is 2. The number of carbonyl (C=O) groups is 1. The van der Waals surface area contributed by atoms with Gasteiger partial charge in [0, 0.05) is 4.88 Å². The highest BCUT2D eigenvalue weighted by Gasteiger charge is 2.22. The molecule has 0 atom stereocenters. The van der Waals surface area contributed by atoms with Crippen molar-refractivity contribution in [3.8, 4) is 22.3 Å². The van der Waals surface area contributed by atoms with Gasteiger partial charge in [-0.15, -0.1) is 11.3 Å². The number of nitriles is 1. The average molecular weight is 375 g/mol. The van der Waals surface area contributed by atoms with Crippen molar-refractivity contribution in [1.29, 1.82) is 5.26 Å². The number of rotatable bonds is 4. The second-order valence-corrected chi connectivity index (χ2v) is 7.43. The van der Waals surface area contributed by atoms with Crippen molar-refractivity contribution in [3.63, 3.8) is 0 Å². The van der Waals surface area contributed by atoms with Gasteiger partial charge in [0.15, 0.2) is 0 Å². The number of hydrogen-bond acceptors (Lipinski definition) is 5. The summed E-state index contributed by atoms with van der Waals surface area (Å²) in [6.45, 7) is 0.157. The molecule has 1 aliphatic carbocycles. The van der Waals surface area contributed by atoms with Crippen molar-refractivity contribution in [2.75, 3.05) is 7.11 Å². The van der Waals surface area contributed by atoms with Gasteiger partial charge in [0.05, 0.1) is 18.7 Å². The minimum Gasteiger partial charge on any atom is -0.497 e. The van der Waals surface area contributed by atoms with Crippen LogP contribution in [0.1, 0.15) is 31.9 Å². The van der Waals surface area contributed by atoms with Crippen LogP contribution in [0.25, 0.3) is 10.4 Å². The molecule has 0 unspecified atom stereocenters. The van der Waals surface area contributed by atoms with Crippen LogP contribution >= 0.6 is 11.3 Å². The van der Waals surface area contributed by atoms with Gasteiger partial charge in [-0.2, -0.15) is 5.26 Å². The first kappa shape index (κ1) is 17.3. The molecule has 0 bridgehead atoms. The molecular weight excluding hydrogens is 358 g/mol. The third kappa shape index (κ3) is 3.44. The Labute approximate surface area is 161 Å². The molecule has 0 radical (unpaired) electrons. The molecule has 0 N–H and O–H groups in total. The van der Waals surface area contributed by atoms with Gasteiger partial charge in [-0.25, -0.2) is 4.79 Å². The van der Waals surface area contributed by atoms with Crippen LogP contribution in [0.3, 0.4) is 0 Å².